The summed E-state index contributed by atoms with van der Waals surface area (Å²) in [7, 11) is 1.69. The molecule has 4 aliphatic rings. The molecule has 0 spiro atoms. The molecule has 11 nitrogen and oxygen atoms in total. The van der Waals surface area contributed by atoms with E-state index in [2.05, 4.69) is 0 Å². The zero-order valence-corrected chi connectivity index (χ0v) is 38.4. The molecule has 0 aromatic heterocycles. The van der Waals surface area contributed by atoms with Crippen molar-refractivity contribution in [2.24, 2.45) is 11.8 Å². The Morgan fingerprint density at radius 3 is 2.24 bits per heavy atom. The van der Waals surface area contributed by atoms with E-state index < -0.39 is 30.1 Å². The van der Waals surface area contributed by atoms with Crippen LogP contribution in [0.15, 0.2) is 72.8 Å². The van der Waals surface area contributed by atoms with Gasteiger partial charge < -0.3 is 54.0 Å². The van der Waals surface area contributed by atoms with Crippen LogP contribution in [0.5, 0.6) is 40.2 Å². The van der Waals surface area contributed by atoms with Crippen molar-refractivity contribution in [2.45, 2.75) is 127 Å². The fourth-order valence-corrected chi connectivity index (χ4v) is 11.0. The van der Waals surface area contributed by atoms with Gasteiger partial charge in [0, 0.05) is 72.6 Å². The van der Waals surface area contributed by atoms with Gasteiger partial charge in [0.25, 0.3) is 0 Å². The molecule has 0 amide bonds. The minimum absolute atomic E-state index is 0.0355. The molecule has 352 valence electrons. The molecular formula is C55H66O11. The van der Waals surface area contributed by atoms with Crippen LogP contribution in [-0.2, 0) is 22.3 Å². The topological polar surface area (TPSA) is 157 Å². The quantitative estimate of drug-likeness (QED) is 0.0566. The highest BCUT2D eigenvalue weighted by Gasteiger charge is 2.49. The van der Waals surface area contributed by atoms with Crippen molar-refractivity contribution in [3.8, 4) is 51.4 Å². The number of ether oxygens (including phenoxy) is 6. The van der Waals surface area contributed by atoms with Crippen molar-refractivity contribution in [2.75, 3.05) is 33.5 Å². The zero-order chi connectivity index (χ0) is 45.7. The molecule has 11 heteroatoms. The number of fused-ring (bicyclic) bond motifs is 4. The van der Waals surface area contributed by atoms with Gasteiger partial charge in [-0.1, -0.05) is 25.5 Å². The molecule has 2 saturated carbocycles. The number of aliphatic hydroxyl groups excluding tert-OH is 2. The predicted molar refractivity (Wildman–Crippen MR) is 253 cm³/mol. The first-order valence-electron chi connectivity index (χ1n) is 24.4. The van der Waals surface area contributed by atoms with Crippen LogP contribution in [0, 0.1) is 11.8 Å². The number of aryl methyl sites for hydroxylation is 1. The van der Waals surface area contributed by atoms with Gasteiger partial charge in [0.15, 0.2) is 0 Å². The Balaban J connectivity index is 1.15. The smallest absolute Gasteiger partial charge is 0.133 e. The number of phenols is 3. The highest BCUT2D eigenvalue weighted by Crippen LogP contribution is 2.55. The summed E-state index contributed by atoms with van der Waals surface area (Å²) in [5.74, 6) is 2.14. The minimum atomic E-state index is -1.01. The lowest BCUT2D eigenvalue weighted by Crippen LogP contribution is -2.46. The van der Waals surface area contributed by atoms with E-state index in [0.29, 0.717) is 67.3 Å². The fourth-order valence-electron chi connectivity index (χ4n) is 11.0. The number of aromatic hydroxyl groups is 3. The van der Waals surface area contributed by atoms with E-state index in [4.69, 9.17) is 28.4 Å². The third-order valence-corrected chi connectivity index (χ3v) is 14.3. The van der Waals surface area contributed by atoms with Crippen LogP contribution in [-0.4, -0.2) is 77.4 Å². The van der Waals surface area contributed by atoms with E-state index in [1.807, 2.05) is 55.5 Å². The van der Waals surface area contributed by atoms with E-state index in [9.17, 15) is 25.5 Å². The van der Waals surface area contributed by atoms with Crippen molar-refractivity contribution < 1.29 is 54.0 Å². The summed E-state index contributed by atoms with van der Waals surface area (Å²) in [6, 6.07) is 22.3. The Bertz CT molecular complexity index is 2450. The van der Waals surface area contributed by atoms with Crippen LogP contribution >= 0.6 is 0 Å². The first-order chi connectivity index (χ1) is 32.2. The standard InChI is InChI=1S/C55H66O11/c1-3-33-27-43(34-12-9-13-37(57)25-34)35(28-48(33)59)24-36-26-41(64-39-16-7-8-17-39)30-45-52(60)47(32-63-53(36)45)51-49(18-10-22-61-2)66-54-42-20-19-38(58)29-44(42)50(65-40-14-5-4-6-15-40)31-46(54)55(51)62-23-11-21-56/h9,12-13,19-20,25-31,39-40,47,49,51-52,55-60H,3-8,10-11,14-18,21-24,32H2,1-2H3. The Kier molecular flexibility index (Phi) is 14.4. The fraction of sp³-hybridized carbons (Fsp3) is 0.491. The summed E-state index contributed by atoms with van der Waals surface area (Å²) in [5, 5.41) is 57.1. The van der Waals surface area contributed by atoms with Gasteiger partial charge in [0.2, 0.25) is 0 Å². The molecule has 0 radical (unpaired) electrons. The third kappa shape index (κ3) is 9.77. The summed E-state index contributed by atoms with van der Waals surface area (Å²) in [5.41, 5.74) is 5.61. The maximum Gasteiger partial charge on any atom is 0.133 e. The Morgan fingerprint density at radius 1 is 0.712 bits per heavy atom. The van der Waals surface area contributed by atoms with Crippen molar-refractivity contribution in [1.29, 1.82) is 0 Å². The van der Waals surface area contributed by atoms with E-state index in [0.717, 1.165) is 95.5 Å². The lowest BCUT2D eigenvalue weighted by Gasteiger charge is -2.46. The molecule has 2 heterocycles. The van der Waals surface area contributed by atoms with Crippen LogP contribution in [0.4, 0.5) is 0 Å². The van der Waals surface area contributed by atoms with Crippen molar-refractivity contribution in [3.05, 3.63) is 101 Å². The van der Waals surface area contributed by atoms with Crippen LogP contribution in [0.3, 0.4) is 0 Å². The van der Waals surface area contributed by atoms with E-state index >= 15 is 0 Å². The molecule has 5 aromatic rings. The number of rotatable bonds is 17. The molecule has 0 bridgehead atoms. The molecule has 5 atom stereocenters. The van der Waals surface area contributed by atoms with Gasteiger partial charge in [-0.25, -0.2) is 0 Å². The molecule has 2 fully saturated rings. The molecule has 5 N–H and O–H groups in total. The van der Waals surface area contributed by atoms with Gasteiger partial charge in [-0.3, -0.25) is 0 Å². The van der Waals surface area contributed by atoms with Gasteiger partial charge in [-0.05, 0) is 160 Å². The maximum atomic E-state index is 13.0. The number of hydrogen-bond acceptors (Lipinski definition) is 11. The van der Waals surface area contributed by atoms with Gasteiger partial charge in [0.1, 0.15) is 46.4 Å². The van der Waals surface area contributed by atoms with Crippen LogP contribution in [0.25, 0.3) is 21.9 Å². The second-order valence-corrected chi connectivity index (χ2v) is 18.8. The number of phenolic OH excluding ortho intramolecular Hbond substituents is 3. The van der Waals surface area contributed by atoms with E-state index in [-0.39, 0.29) is 49.3 Å². The molecule has 0 saturated heterocycles. The number of hydrogen-bond donors (Lipinski definition) is 5. The normalized spacial score (nSPS) is 22.1. The van der Waals surface area contributed by atoms with Crippen molar-refractivity contribution in [3.63, 3.8) is 0 Å². The van der Waals surface area contributed by atoms with Crippen LogP contribution in [0.2, 0.25) is 0 Å². The summed E-state index contributed by atoms with van der Waals surface area (Å²) in [6.07, 6.45) is 10.2. The molecule has 2 aliphatic heterocycles. The average molecular weight is 903 g/mol. The molecular weight excluding hydrogens is 837 g/mol. The lowest BCUT2D eigenvalue weighted by molar-refractivity contribution is -0.113. The van der Waals surface area contributed by atoms with Gasteiger partial charge >= 0.3 is 0 Å². The zero-order valence-electron chi connectivity index (χ0n) is 38.4. The van der Waals surface area contributed by atoms with E-state index in [1.54, 1.807) is 31.4 Å². The minimum Gasteiger partial charge on any atom is -0.508 e. The maximum absolute atomic E-state index is 13.0. The molecule has 66 heavy (non-hydrogen) atoms. The monoisotopic (exact) mass is 902 g/mol. The summed E-state index contributed by atoms with van der Waals surface area (Å²) >= 11 is 0. The van der Waals surface area contributed by atoms with Gasteiger partial charge in [-0.2, -0.15) is 0 Å². The van der Waals surface area contributed by atoms with Crippen LogP contribution in [0.1, 0.15) is 124 Å². The summed E-state index contributed by atoms with van der Waals surface area (Å²) in [6.45, 7) is 2.94. The molecule has 5 unspecified atom stereocenters. The second kappa shape index (κ2) is 20.8. The second-order valence-electron chi connectivity index (χ2n) is 18.8. The highest BCUT2D eigenvalue weighted by atomic mass is 16.5. The van der Waals surface area contributed by atoms with Crippen molar-refractivity contribution in [1.82, 2.24) is 0 Å². The number of aliphatic hydroxyl groups is 2. The number of benzene rings is 5. The molecule has 2 aliphatic carbocycles. The SMILES string of the molecule is CCc1cc(-c2cccc(O)c2)c(Cc2cc(OC3CCCC3)cc3c2OCC(C2C(CCCOC)Oc4c(cc(OC5CCCCC5)c5cc(O)ccc45)C2OCCCO)C3O)cc1O. The third-order valence-electron chi connectivity index (χ3n) is 14.3. The lowest BCUT2D eigenvalue weighted by atomic mass is 9.72. The van der Waals surface area contributed by atoms with Crippen LogP contribution < -0.4 is 18.9 Å². The first kappa shape index (κ1) is 45.9. The summed E-state index contributed by atoms with van der Waals surface area (Å²) < 4.78 is 40.1. The first-order valence-corrected chi connectivity index (χ1v) is 24.4. The average Bonchev–Trinajstić information content (AvgIpc) is 3.83. The Morgan fingerprint density at radius 2 is 1.48 bits per heavy atom. The van der Waals surface area contributed by atoms with Gasteiger partial charge in [-0.15, -0.1) is 0 Å². The van der Waals surface area contributed by atoms with Crippen molar-refractivity contribution >= 4 is 10.8 Å². The van der Waals surface area contributed by atoms with E-state index in [1.165, 1.54) is 6.42 Å². The summed E-state index contributed by atoms with van der Waals surface area (Å²) in [4.78, 5) is 0. The molecule has 9 rings (SSSR count). The Hall–Kier alpha value is -5.20. The largest absolute Gasteiger partial charge is 0.508 e. The predicted octanol–water partition coefficient (Wildman–Crippen LogP) is 10.8. The highest BCUT2D eigenvalue weighted by molar-refractivity contribution is 5.96. The van der Waals surface area contributed by atoms with Gasteiger partial charge in [0.05, 0.1) is 31.0 Å². The Labute approximate surface area is 388 Å². The number of methoxy groups -OCH3 is 1. The molecule has 5 aromatic carbocycles.